The van der Waals surface area contributed by atoms with Gasteiger partial charge in [-0.3, -0.25) is 13.9 Å². The highest BCUT2D eigenvalue weighted by Crippen LogP contribution is 2.30. The highest BCUT2D eigenvalue weighted by molar-refractivity contribution is 7.99. The first kappa shape index (κ1) is 19.4. The number of ketones is 1. The monoisotopic (exact) mass is 313 g/mol. The van der Waals surface area contributed by atoms with Crippen LogP contribution in [0.15, 0.2) is 5.16 Å². The first-order valence-corrected chi connectivity index (χ1v) is 7.34. The molecule has 0 aliphatic carbocycles. The zero-order valence-corrected chi connectivity index (χ0v) is 14.4. The summed E-state index contributed by atoms with van der Waals surface area (Å²) in [5.74, 6) is -0.0763. The van der Waals surface area contributed by atoms with Crippen molar-refractivity contribution in [1.29, 1.82) is 5.26 Å². The van der Waals surface area contributed by atoms with E-state index in [2.05, 4.69) is 5.16 Å². The number of oxime groups is 1. The Morgan fingerprint density at radius 2 is 1.86 bits per heavy atom. The van der Waals surface area contributed by atoms with Crippen molar-refractivity contribution in [3.8, 4) is 6.07 Å². The second-order valence-electron chi connectivity index (χ2n) is 6.04. The predicted octanol–water partition coefficient (Wildman–Crippen LogP) is 3.24. The lowest BCUT2D eigenvalue weighted by molar-refractivity contribution is -0.123. The van der Waals surface area contributed by atoms with Crippen molar-refractivity contribution >= 4 is 30.0 Å². The number of hydrogen-bond acceptors (Lipinski definition) is 6. The van der Waals surface area contributed by atoms with Gasteiger partial charge in [0.15, 0.2) is 5.78 Å². The standard InChI is InChI=1S/C14H23N3O3S/c1-10(2)11(18)14(5,6)21-17(7)12(19)20-16-9-13(3,4)8-15/h9-10H,1-7H3/b16-9+. The van der Waals surface area contributed by atoms with Crippen LogP contribution in [0.2, 0.25) is 0 Å². The summed E-state index contributed by atoms with van der Waals surface area (Å²) in [6.45, 7) is 10.4. The summed E-state index contributed by atoms with van der Waals surface area (Å²) in [6, 6.07) is 2.01. The van der Waals surface area contributed by atoms with Crippen molar-refractivity contribution in [3.05, 3.63) is 0 Å². The van der Waals surface area contributed by atoms with Gasteiger partial charge in [0.25, 0.3) is 0 Å². The molecule has 0 fully saturated rings. The molecule has 0 aliphatic rings. The summed E-state index contributed by atoms with van der Waals surface area (Å²) < 4.78 is 0.481. The number of amides is 1. The largest absolute Gasteiger partial charge is 0.445 e. The molecule has 0 saturated carbocycles. The molecule has 0 heterocycles. The molecule has 7 heteroatoms. The highest BCUT2D eigenvalue weighted by Gasteiger charge is 2.33. The minimum Gasteiger partial charge on any atom is -0.298 e. The molecule has 1 amide bonds. The van der Waals surface area contributed by atoms with Gasteiger partial charge in [0.2, 0.25) is 0 Å². The molecule has 21 heavy (non-hydrogen) atoms. The van der Waals surface area contributed by atoms with Crippen molar-refractivity contribution in [2.45, 2.75) is 46.3 Å². The second-order valence-corrected chi connectivity index (χ2v) is 7.79. The number of carbonyl (C=O) groups is 2. The lowest BCUT2D eigenvalue weighted by Gasteiger charge is -2.28. The fourth-order valence-corrected chi connectivity index (χ4v) is 2.53. The van der Waals surface area contributed by atoms with E-state index >= 15 is 0 Å². The summed E-state index contributed by atoms with van der Waals surface area (Å²) >= 11 is 1.08. The van der Waals surface area contributed by atoms with Gasteiger partial charge in [0, 0.05) is 13.0 Å². The molecule has 6 nitrogen and oxygen atoms in total. The SMILES string of the molecule is CC(C)C(=O)C(C)(C)SN(C)C(=O)O/N=C/C(C)(C)C#N. The number of rotatable bonds is 6. The fraction of sp³-hybridized carbons (Fsp3) is 0.714. The van der Waals surface area contributed by atoms with E-state index in [4.69, 9.17) is 10.1 Å². The molecule has 0 bridgehead atoms. The summed E-state index contributed by atoms with van der Waals surface area (Å²) in [5, 5.41) is 12.3. The van der Waals surface area contributed by atoms with E-state index in [1.807, 2.05) is 19.9 Å². The van der Waals surface area contributed by atoms with Crippen LogP contribution in [0.4, 0.5) is 4.79 Å². The Hall–Kier alpha value is -1.55. The van der Waals surface area contributed by atoms with E-state index in [1.54, 1.807) is 27.7 Å². The molecule has 118 valence electrons. The van der Waals surface area contributed by atoms with E-state index in [0.29, 0.717) is 0 Å². The smallest absolute Gasteiger partial charge is 0.298 e. The average Bonchev–Trinajstić information content (AvgIpc) is 2.36. The maximum atomic E-state index is 12.0. The number of carbonyl (C=O) groups excluding carboxylic acids is 2. The van der Waals surface area contributed by atoms with E-state index < -0.39 is 16.3 Å². The quantitative estimate of drug-likeness (QED) is 0.325. The molecule has 0 atom stereocenters. The van der Waals surface area contributed by atoms with Gasteiger partial charge in [-0.1, -0.05) is 19.0 Å². The average molecular weight is 313 g/mol. The van der Waals surface area contributed by atoms with E-state index in [9.17, 15) is 9.59 Å². The van der Waals surface area contributed by atoms with Crippen LogP contribution in [0, 0.1) is 22.7 Å². The first-order valence-electron chi connectivity index (χ1n) is 6.57. The van der Waals surface area contributed by atoms with Crippen LogP contribution in [0.3, 0.4) is 0 Å². The fourth-order valence-electron chi connectivity index (χ4n) is 1.41. The molecule has 0 aliphatic heterocycles. The maximum Gasteiger partial charge on any atom is 0.445 e. The lowest BCUT2D eigenvalue weighted by atomic mass is 9.98. The van der Waals surface area contributed by atoms with Crippen LogP contribution < -0.4 is 0 Å². The number of hydrogen-bond donors (Lipinski definition) is 0. The molecule has 0 rings (SSSR count). The minimum absolute atomic E-state index is 0.0428. The van der Waals surface area contributed by atoms with Crippen molar-refractivity contribution in [2.75, 3.05) is 7.05 Å². The van der Waals surface area contributed by atoms with Crippen molar-refractivity contribution in [3.63, 3.8) is 0 Å². The molecule has 0 radical (unpaired) electrons. The zero-order valence-electron chi connectivity index (χ0n) is 13.6. The summed E-state index contributed by atoms with van der Waals surface area (Å²) in [6.07, 6.45) is 0.558. The van der Waals surface area contributed by atoms with Gasteiger partial charge >= 0.3 is 6.09 Å². The van der Waals surface area contributed by atoms with Gasteiger partial charge in [-0.05, 0) is 39.6 Å². The van der Waals surface area contributed by atoms with Crippen LogP contribution >= 0.6 is 11.9 Å². The third-order valence-electron chi connectivity index (χ3n) is 2.53. The van der Waals surface area contributed by atoms with Gasteiger partial charge < -0.3 is 0 Å². The predicted molar refractivity (Wildman–Crippen MR) is 83.6 cm³/mol. The van der Waals surface area contributed by atoms with Crippen molar-refractivity contribution < 1.29 is 14.4 Å². The van der Waals surface area contributed by atoms with E-state index in [0.717, 1.165) is 11.9 Å². The summed E-state index contributed by atoms with van der Waals surface area (Å²) in [7, 11) is 1.51. The third kappa shape index (κ3) is 6.63. The Labute approximate surface area is 130 Å². The van der Waals surface area contributed by atoms with Crippen LogP contribution in [0.5, 0.6) is 0 Å². The van der Waals surface area contributed by atoms with Crippen molar-refractivity contribution in [1.82, 2.24) is 4.31 Å². The number of nitrogens with zero attached hydrogens (tertiary/aromatic N) is 3. The van der Waals surface area contributed by atoms with Gasteiger partial charge in [0.1, 0.15) is 0 Å². The van der Waals surface area contributed by atoms with Crippen molar-refractivity contribution in [2.24, 2.45) is 16.5 Å². The summed E-state index contributed by atoms with van der Waals surface area (Å²) in [5.41, 5.74) is -0.807. The van der Waals surface area contributed by atoms with E-state index in [-0.39, 0.29) is 11.7 Å². The molecular formula is C14H23N3O3S. The topological polar surface area (TPSA) is 82.8 Å². The van der Waals surface area contributed by atoms with Gasteiger partial charge in [0.05, 0.1) is 22.4 Å². The first-order chi connectivity index (χ1) is 9.43. The lowest BCUT2D eigenvalue weighted by Crippen LogP contribution is -2.36. The van der Waals surface area contributed by atoms with Gasteiger partial charge in [-0.25, -0.2) is 4.79 Å². The Kier molecular flexibility index (Phi) is 6.91. The number of Topliss-reactive ketones (excluding diaryl/α,β-unsaturated/α-hetero) is 1. The van der Waals surface area contributed by atoms with Crippen LogP contribution in [-0.2, 0) is 9.63 Å². The highest BCUT2D eigenvalue weighted by atomic mass is 32.2. The Balaban J connectivity index is 4.61. The molecule has 0 aromatic carbocycles. The Bertz CT molecular complexity index is 465. The van der Waals surface area contributed by atoms with E-state index in [1.165, 1.54) is 17.6 Å². The van der Waals surface area contributed by atoms with Crippen LogP contribution in [0.1, 0.15) is 41.5 Å². The number of nitriles is 1. The minimum atomic E-state index is -0.807. The molecule has 0 spiro atoms. The molecule has 0 saturated heterocycles. The Morgan fingerprint density at radius 1 is 1.33 bits per heavy atom. The van der Waals surface area contributed by atoms with Gasteiger partial charge in [-0.2, -0.15) is 5.26 Å². The third-order valence-corrected chi connectivity index (χ3v) is 3.61. The molecule has 0 aromatic heterocycles. The summed E-state index contributed by atoms with van der Waals surface area (Å²) in [4.78, 5) is 28.5. The molecule has 0 aromatic rings. The zero-order chi connectivity index (χ0) is 16.8. The Morgan fingerprint density at radius 3 is 2.29 bits per heavy atom. The maximum absolute atomic E-state index is 12.0. The van der Waals surface area contributed by atoms with Crippen LogP contribution in [-0.4, -0.2) is 34.2 Å². The normalized spacial score (nSPS) is 12.3. The van der Waals surface area contributed by atoms with Gasteiger partial charge in [-0.15, -0.1) is 0 Å². The molecule has 0 unspecified atom stereocenters. The molecule has 0 N–H and O–H groups in total. The second kappa shape index (κ2) is 7.46. The molecular weight excluding hydrogens is 290 g/mol. The van der Waals surface area contributed by atoms with Crippen LogP contribution in [0.25, 0.3) is 0 Å².